The molecule has 0 amide bonds. The lowest BCUT2D eigenvalue weighted by Crippen LogP contribution is -1.93. The maximum atomic E-state index is 11.7. The number of carbonyl (C=O) groups excluding carboxylic acids is 1. The second-order valence-corrected chi connectivity index (χ2v) is 5.59. The molecule has 0 aliphatic carbocycles. The maximum absolute atomic E-state index is 11.7. The molecule has 0 atom stereocenters. The molecule has 0 unspecified atom stereocenters. The number of rotatable bonds is 2. The normalized spacial score (nSPS) is 11.1. The Kier molecular flexibility index (Phi) is 2.83. The monoisotopic (exact) mass is 285 g/mol. The predicted octanol–water partition coefficient (Wildman–Crippen LogP) is 4.88. The van der Waals surface area contributed by atoms with Gasteiger partial charge in [-0.05, 0) is 41.0 Å². The molecule has 2 nitrogen and oxygen atoms in total. The third kappa shape index (κ3) is 1.85. The van der Waals surface area contributed by atoms with Crippen LogP contribution in [0.3, 0.4) is 0 Å². The zero-order valence-electron chi connectivity index (χ0n) is 12.3. The van der Waals surface area contributed by atoms with Crippen LogP contribution in [0.15, 0.2) is 66.9 Å². The van der Waals surface area contributed by atoms with Gasteiger partial charge in [0.2, 0.25) is 0 Å². The van der Waals surface area contributed by atoms with Crippen molar-refractivity contribution in [2.45, 2.75) is 6.92 Å². The Labute approximate surface area is 128 Å². The molecule has 2 aromatic heterocycles. The molecule has 106 valence electrons. The highest BCUT2D eigenvalue weighted by atomic mass is 16.1. The van der Waals surface area contributed by atoms with Crippen LogP contribution in [-0.2, 0) is 0 Å². The number of aromatic nitrogens is 1. The molecule has 0 spiro atoms. The van der Waals surface area contributed by atoms with Gasteiger partial charge < -0.3 is 4.40 Å². The number of hydrogen-bond acceptors (Lipinski definition) is 1. The Morgan fingerprint density at radius 2 is 1.73 bits per heavy atom. The van der Waals surface area contributed by atoms with Gasteiger partial charge in [-0.2, -0.15) is 0 Å². The van der Waals surface area contributed by atoms with E-state index in [2.05, 4.69) is 42.5 Å². The molecule has 0 aliphatic rings. The van der Waals surface area contributed by atoms with E-state index in [-0.39, 0.29) is 0 Å². The fourth-order valence-corrected chi connectivity index (χ4v) is 3.09. The van der Waals surface area contributed by atoms with Crippen molar-refractivity contribution in [1.29, 1.82) is 0 Å². The number of carbonyl (C=O) groups is 1. The third-order valence-corrected chi connectivity index (χ3v) is 4.15. The van der Waals surface area contributed by atoms with Crippen LogP contribution in [0.25, 0.3) is 27.4 Å². The number of nitrogens with zero attached hydrogens (tertiary/aromatic N) is 1. The van der Waals surface area contributed by atoms with Gasteiger partial charge in [0.25, 0.3) is 0 Å². The summed E-state index contributed by atoms with van der Waals surface area (Å²) in [6.45, 7) is 2.03. The van der Waals surface area contributed by atoms with Gasteiger partial charge in [-0.15, -0.1) is 0 Å². The van der Waals surface area contributed by atoms with Crippen molar-refractivity contribution in [1.82, 2.24) is 4.40 Å². The van der Waals surface area contributed by atoms with Gasteiger partial charge >= 0.3 is 0 Å². The van der Waals surface area contributed by atoms with E-state index in [9.17, 15) is 4.79 Å². The van der Waals surface area contributed by atoms with E-state index in [4.69, 9.17) is 0 Å². The van der Waals surface area contributed by atoms with E-state index in [1.807, 2.05) is 35.7 Å². The number of aryl methyl sites for hydroxylation is 1. The van der Waals surface area contributed by atoms with Gasteiger partial charge in [-0.3, -0.25) is 4.79 Å². The van der Waals surface area contributed by atoms with Crippen LogP contribution >= 0.6 is 0 Å². The minimum absolute atomic E-state index is 0.704. The minimum atomic E-state index is 0.704. The smallest absolute Gasteiger partial charge is 0.167 e. The summed E-state index contributed by atoms with van der Waals surface area (Å²) in [6, 6.07) is 20.7. The Morgan fingerprint density at radius 1 is 0.909 bits per heavy atom. The van der Waals surface area contributed by atoms with Crippen LogP contribution in [0.4, 0.5) is 0 Å². The standard InChI is InChI=1S/C20H15NO/c1-14-9-10-16-11-19(20(13-22)21(16)12-14)18-8-4-6-15-5-2-3-7-17(15)18/h2-13H,1H3. The highest BCUT2D eigenvalue weighted by Crippen LogP contribution is 2.32. The molecule has 2 aromatic carbocycles. The lowest BCUT2D eigenvalue weighted by molar-refractivity contribution is 0.111. The molecule has 22 heavy (non-hydrogen) atoms. The summed E-state index contributed by atoms with van der Waals surface area (Å²) in [5, 5.41) is 2.35. The van der Waals surface area contributed by atoms with Crippen molar-refractivity contribution in [3.05, 3.63) is 78.1 Å². The summed E-state index contributed by atoms with van der Waals surface area (Å²) >= 11 is 0. The van der Waals surface area contributed by atoms with Crippen LogP contribution in [-0.4, -0.2) is 10.7 Å². The zero-order chi connectivity index (χ0) is 15.1. The van der Waals surface area contributed by atoms with Crippen LogP contribution in [0.2, 0.25) is 0 Å². The molecular formula is C20H15NO. The summed E-state index contributed by atoms with van der Waals surface area (Å²) in [5.74, 6) is 0. The van der Waals surface area contributed by atoms with Crippen molar-refractivity contribution >= 4 is 22.6 Å². The number of pyridine rings is 1. The second kappa shape index (κ2) is 4.85. The largest absolute Gasteiger partial charge is 0.313 e. The van der Waals surface area contributed by atoms with E-state index in [1.54, 1.807) is 0 Å². The fourth-order valence-electron chi connectivity index (χ4n) is 3.09. The van der Waals surface area contributed by atoms with E-state index >= 15 is 0 Å². The number of benzene rings is 2. The first-order valence-corrected chi connectivity index (χ1v) is 7.33. The fraction of sp³-hybridized carbons (Fsp3) is 0.0500. The Hall–Kier alpha value is -2.87. The lowest BCUT2D eigenvalue weighted by Gasteiger charge is -2.06. The van der Waals surface area contributed by atoms with E-state index in [0.29, 0.717) is 5.69 Å². The van der Waals surface area contributed by atoms with E-state index < -0.39 is 0 Å². The molecule has 0 fully saturated rings. The Balaban J connectivity index is 2.10. The number of aldehydes is 1. The highest BCUT2D eigenvalue weighted by Gasteiger charge is 2.13. The van der Waals surface area contributed by atoms with Crippen LogP contribution in [0, 0.1) is 6.92 Å². The SMILES string of the molecule is Cc1ccc2cc(-c3cccc4ccccc34)c(C=O)n2c1. The van der Waals surface area contributed by atoms with E-state index in [0.717, 1.165) is 28.5 Å². The summed E-state index contributed by atoms with van der Waals surface area (Å²) < 4.78 is 1.97. The maximum Gasteiger partial charge on any atom is 0.167 e. The molecule has 0 saturated carbocycles. The molecule has 0 N–H and O–H groups in total. The molecule has 0 radical (unpaired) electrons. The Morgan fingerprint density at radius 3 is 2.59 bits per heavy atom. The molecule has 4 aromatic rings. The van der Waals surface area contributed by atoms with Gasteiger partial charge in [-0.25, -0.2) is 0 Å². The first-order chi connectivity index (χ1) is 10.8. The van der Waals surface area contributed by atoms with Crippen molar-refractivity contribution < 1.29 is 4.79 Å². The topological polar surface area (TPSA) is 21.5 Å². The third-order valence-electron chi connectivity index (χ3n) is 4.15. The molecular weight excluding hydrogens is 270 g/mol. The molecule has 0 aliphatic heterocycles. The summed E-state index contributed by atoms with van der Waals surface area (Å²) in [7, 11) is 0. The molecule has 0 saturated heterocycles. The van der Waals surface area contributed by atoms with Crippen molar-refractivity contribution in [2.75, 3.05) is 0 Å². The minimum Gasteiger partial charge on any atom is -0.313 e. The summed E-state index contributed by atoms with van der Waals surface area (Å²) in [5.41, 5.74) is 4.96. The molecule has 0 bridgehead atoms. The summed E-state index contributed by atoms with van der Waals surface area (Å²) in [6.07, 6.45) is 2.96. The molecule has 2 heteroatoms. The summed E-state index contributed by atoms with van der Waals surface area (Å²) in [4.78, 5) is 11.7. The van der Waals surface area contributed by atoms with Gasteiger partial charge in [0, 0.05) is 17.3 Å². The van der Waals surface area contributed by atoms with Crippen LogP contribution in [0.5, 0.6) is 0 Å². The van der Waals surface area contributed by atoms with Crippen molar-refractivity contribution in [3.63, 3.8) is 0 Å². The number of hydrogen-bond donors (Lipinski definition) is 0. The first kappa shape index (κ1) is 12.8. The average Bonchev–Trinajstić information content (AvgIpc) is 2.91. The van der Waals surface area contributed by atoms with Crippen molar-refractivity contribution in [2.24, 2.45) is 0 Å². The lowest BCUT2D eigenvalue weighted by atomic mass is 9.98. The predicted molar refractivity (Wildman–Crippen MR) is 90.5 cm³/mol. The van der Waals surface area contributed by atoms with E-state index in [1.165, 1.54) is 10.8 Å². The number of fused-ring (bicyclic) bond motifs is 2. The van der Waals surface area contributed by atoms with Gasteiger partial charge in [0.05, 0.1) is 5.69 Å². The van der Waals surface area contributed by atoms with Gasteiger partial charge in [0.1, 0.15) is 0 Å². The second-order valence-electron chi connectivity index (χ2n) is 5.59. The quantitative estimate of drug-likeness (QED) is 0.481. The first-order valence-electron chi connectivity index (χ1n) is 7.33. The van der Waals surface area contributed by atoms with Gasteiger partial charge in [-0.1, -0.05) is 48.5 Å². The van der Waals surface area contributed by atoms with Crippen LogP contribution < -0.4 is 0 Å². The highest BCUT2D eigenvalue weighted by molar-refractivity contribution is 6.01. The zero-order valence-corrected chi connectivity index (χ0v) is 12.3. The molecule has 4 rings (SSSR count). The molecule has 2 heterocycles. The Bertz CT molecular complexity index is 1010. The van der Waals surface area contributed by atoms with Gasteiger partial charge in [0.15, 0.2) is 6.29 Å². The van der Waals surface area contributed by atoms with Crippen molar-refractivity contribution in [3.8, 4) is 11.1 Å². The average molecular weight is 285 g/mol. The van der Waals surface area contributed by atoms with Crippen LogP contribution in [0.1, 0.15) is 16.1 Å².